The molecule has 0 aliphatic heterocycles. The molecule has 0 spiro atoms. The molecule has 8 heteroatoms. The number of esters is 2. The quantitative estimate of drug-likeness (QED) is 0.0284. The van der Waals surface area contributed by atoms with Crippen molar-refractivity contribution in [1.82, 2.24) is 0 Å². The monoisotopic (exact) mass is 805 g/mol. The number of rotatable bonds is 42. The van der Waals surface area contributed by atoms with Gasteiger partial charge in [-0.3, -0.25) is 9.59 Å². The van der Waals surface area contributed by atoms with Gasteiger partial charge in [0.2, 0.25) is 0 Å². The fourth-order valence-corrected chi connectivity index (χ4v) is 6.89. The van der Waals surface area contributed by atoms with E-state index in [1.807, 2.05) is 21.1 Å². The van der Waals surface area contributed by atoms with Crippen molar-refractivity contribution < 1.29 is 38.2 Å². The van der Waals surface area contributed by atoms with Gasteiger partial charge >= 0.3 is 17.9 Å². The fraction of sp³-hybridized carbons (Fsp3) is 0.816. The second-order valence-electron chi connectivity index (χ2n) is 17.0. The number of aliphatic carboxylic acids is 1. The summed E-state index contributed by atoms with van der Waals surface area (Å²) in [6.45, 7) is 4.63. The second-order valence-corrected chi connectivity index (χ2v) is 17.0. The van der Waals surface area contributed by atoms with Crippen molar-refractivity contribution in [3.63, 3.8) is 0 Å². The van der Waals surface area contributed by atoms with Crippen LogP contribution >= 0.6 is 0 Å². The third-order valence-electron chi connectivity index (χ3n) is 10.5. The minimum atomic E-state index is -0.876. The average Bonchev–Trinajstić information content (AvgIpc) is 3.17. The van der Waals surface area contributed by atoms with E-state index in [4.69, 9.17) is 14.2 Å². The zero-order valence-corrected chi connectivity index (χ0v) is 37.8. The third kappa shape index (κ3) is 38.8. The van der Waals surface area contributed by atoms with Gasteiger partial charge < -0.3 is 23.8 Å². The summed E-state index contributed by atoms with van der Waals surface area (Å²) in [6, 6.07) is -0.616. The molecule has 0 aromatic carbocycles. The lowest BCUT2D eigenvalue weighted by molar-refractivity contribution is -0.887. The van der Waals surface area contributed by atoms with Crippen LogP contribution in [0.1, 0.15) is 206 Å². The Morgan fingerprint density at radius 1 is 0.544 bits per heavy atom. The zero-order chi connectivity index (χ0) is 42.1. The van der Waals surface area contributed by atoms with Crippen LogP contribution in [0.5, 0.6) is 0 Å². The van der Waals surface area contributed by atoms with Crippen molar-refractivity contribution >= 4 is 17.9 Å². The molecule has 0 fully saturated rings. The van der Waals surface area contributed by atoms with Crippen molar-refractivity contribution in [2.45, 2.75) is 219 Å². The van der Waals surface area contributed by atoms with E-state index < -0.39 is 18.1 Å². The molecule has 0 aliphatic carbocycles. The zero-order valence-electron chi connectivity index (χ0n) is 37.8. The number of carbonyl (C=O) groups is 3. The van der Waals surface area contributed by atoms with Crippen LogP contribution in [-0.2, 0) is 28.6 Å². The van der Waals surface area contributed by atoms with Gasteiger partial charge in [0.05, 0.1) is 34.4 Å². The van der Waals surface area contributed by atoms with Gasteiger partial charge in [-0.15, -0.1) is 0 Å². The van der Waals surface area contributed by atoms with Crippen LogP contribution < -0.4 is 0 Å². The highest BCUT2D eigenvalue weighted by molar-refractivity contribution is 5.72. The number of hydrogen-bond acceptors (Lipinski definition) is 6. The maximum Gasteiger partial charge on any atom is 0.362 e. The molecule has 0 aliphatic rings. The molecule has 2 atom stereocenters. The van der Waals surface area contributed by atoms with Crippen molar-refractivity contribution in [3.8, 4) is 0 Å². The van der Waals surface area contributed by atoms with Gasteiger partial charge in [0.25, 0.3) is 0 Å². The van der Waals surface area contributed by atoms with Crippen molar-refractivity contribution in [3.05, 3.63) is 36.5 Å². The molecule has 0 amide bonds. The first-order chi connectivity index (χ1) is 27.6. The first kappa shape index (κ1) is 54.6. The molecule has 0 rings (SSSR count). The van der Waals surface area contributed by atoms with Gasteiger partial charge in [-0.05, 0) is 64.2 Å². The predicted octanol–water partition coefficient (Wildman–Crippen LogP) is 13.0. The summed E-state index contributed by atoms with van der Waals surface area (Å²) < 4.78 is 17.3. The fourth-order valence-electron chi connectivity index (χ4n) is 6.89. The predicted molar refractivity (Wildman–Crippen MR) is 238 cm³/mol. The first-order valence-corrected chi connectivity index (χ1v) is 23.5. The van der Waals surface area contributed by atoms with Crippen LogP contribution in [0.25, 0.3) is 0 Å². The standard InChI is InChI=1S/C49H89NO7/c1-6-8-10-12-14-16-18-20-22-23-24-25-26-28-30-32-34-36-38-40-48(52)57-45(43-55-42-41-46(49(53)54)50(3,4)5)44-56-47(51)39-37-35-33-31-29-27-21-19-17-15-13-11-9-7-2/h9,11,15,17,23-24,45-46H,6-8,10,12-14,16,18-22,25-44H2,1-5H3/p+1/b11-9+,17-15+,24-23+. The molecule has 0 saturated heterocycles. The molecule has 0 bridgehead atoms. The van der Waals surface area contributed by atoms with Crippen LogP contribution in [0, 0.1) is 0 Å². The first-order valence-electron chi connectivity index (χ1n) is 23.5. The summed E-state index contributed by atoms with van der Waals surface area (Å²) in [5, 5.41) is 9.63. The SMILES string of the molecule is CC/C=C/C/C=C/CCCCCCCCCC(=O)OCC(COCCC(C(=O)O)[N+](C)(C)C)OC(=O)CCCCCCCCC/C=C/CCCCCCCCCC. The van der Waals surface area contributed by atoms with E-state index in [0.717, 1.165) is 57.8 Å². The lowest BCUT2D eigenvalue weighted by Crippen LogP contribution is -2.50. The van der Waals surface area contributed by atoms with Crippen LogP contribution in [0.2, 0.25) is 0 Å². The van der Waals surface area contributed by atoms with Crippen LogP contribution in [0.15, 0.2) is 36.5 Å². The molecular formula is C49H90NO7+. The highest BCUT2D eigenvalue weighted by atomic mass is 16.6. The lowest BCUT2D eigenvalue weighted by atomic mass is 10.1. The number of likely N-dealkylation sites (N-methyl/N-ethyl adjacent to an activating group) is 1. The summed E-state index contributed by atoms with van der Waals surface area (Å²) in [7, 11) is 5.53. The van der Waals surface area contributed by atoms with Gasteiger partial charge in [0, 0.05) is 19.3 Å². The van der Waals surface area contributed by atoms with E-state index >= 15 is 0 Å². The Labute approximate surface area is 351 Å². The van der Waals surface area contributed by atoms with E-state index in [1.165, 1.54) is 116 Å². The molecule has 8 nitrogen and oxygen atoms in total. The van der Waals surface area contributed by atoms with Gasteiger partial charge in [0.15, 0.2) is 12.1 Å². The van der Waals surface area contributed by atoms with E-state index in [-0.39, 0.29) is 36.2 Å². The molecule has 0 heterocycles. The molecule has 0 radical (unpaired) electrons. The minimum absolute atomic E-state index is 0.0556. The summed E-state index contributed by atoms with van der Waals surface area (Å²) in [6.07, 6.45) is 46.1. The van der Waals surface area contributed by atoms with E-state index in [1.54, 1.807) is 0 Å². The summed E-state index contributed by atoms with van der Waals surface area (Å²) in [5.74, 6) is -1.48. The van der Waals surface area contributed by atoms with Crippen molar-refractivity contribution in [2.75, 3.05) is 41.0 Å². The highest BCUT2D eigenvalue weighted by Gasteiger charge is 2.31. The van der Waals surface area contributed by atoms with Crippen molar-refractivity contribution in [2.24, 2.45) is 0 Å². The Hall–Kier alpha value is -2.45. The number of hydrogen-bond donors (Lipinski definition) is 1. The van der Waals surface area contributed by atoms with Crippen molar-refractivity contribution in [1.29, 1.82) is 0 Å². The van der Waals surface area contributed by atoms with Gasteiger partial charge in [-0.1, -0.05) is 159 Å². The number of quaternary nitrogens is 1. The number of carboxylic acid groups (broad SMARTS) is 1. The van der Waals surface area contributed by atoms with Crippen LogP contribution in [-0.4, -0.2) is 80.6 Å². The second kappa shape index (κ2) is 40.3. The molecule has 57 heavy (non-hydrogen) atoms. The number of carbonyl (C=O) groups excluding carboxylic acids is 2. The summed E-state index contributed by atoms with van der Waals surface area (Å²) in [4.78, 5) is 37.0. The largest absolute Gasteiger partial charge is 0.477 e. The number of unbranched alkanes of at least 4 members (excludes halogenated alkanes) is 22. The Bertz CT molecular complexity index is 1030. The topological polar surface area (TPSA) is 99.1 Å². The summed E-state index contributed by atoms with van der Waals surface area (Å²) in [5.41, 5.74) is 0. The van der Waals surface area contributed by atoms with Gasteiger partial charge in [-0.2, -0.15) is 0 Å². The van der Waals surface area contributed by atoms with E-state index in [0.29, 0.717) is 19.3 Å². The number of nitrogens with zero attached hydrogens (tertiary/aromatic N) is 1. The Morgan fingerprint density at radius 3 is 1.46 bits per heavy atom. The molecule has 1 N–H and O–H groups in total. The molecule has 332 valence electrons. The maximum absolute atomic E-state index is 12.8. The average molecular weight is 805 g/mol. The van der Waals surface area contributed by atoms with E-state index in [2.05, 4.69) is 50.3 Å². The normalized spacial score (nSPS) is 13.2. The Balaban J connectivity index is 4.29. The van der Waals surface area contributed by atoms with Gasteiger partial charge in [0.1, 0.15) is 6.61 Å². The maximum atomic E-state index is 12.8. The Kier molecular flexibility index (Phi) is 38.6. The lowest BCUT2D eigenvalue weighted by Gasteiger charge is -2.31. The third-order valence-corrected chi connectivity index (χ3v) is 10.5. The molecule has 0 aromatic heterocycles. The smallest absolute Gasteiger partial charge is 0.362 e. The van der Waals surface area contributed by atoms with Crippen LogP contribution in [0.4, 0.5) is 0 Å². The van der Waals surface area contributed by atoms with Gasteiger partial charge in [-0.25, -0.2) is 4.79 Å². The molecule has 0 aromatic rings. The minimum Gasteiger partial charge on any atom is -0.477 e. The number of ether oxygens (including phenoxy) is 3. The molecule has 0 saturated carbocycles. The number of carboxylic acids is 1. The summed E-state index contributed by atoms with van der Waals surface area (Å²) >= 11 is 0. The van der Waals surface area contributed by atoms with Crippen LogP contribution in [0.3, 0.4) is 0 Å². The number of allylic oxidation sites excluding steroid dienone is 6. The molecular weight excluding hydrogens is 715 g/mol. The van der Waals surface area contributed by atoms with E-state index in [9.17, 15) is 19.5 Å². The molecule has 2 unspecified atom stereocenters. The Morgan fingerprint density at radius 2 is 0.982 bits per heavy atom. The highest BCUT2D eigenvalue weighted by Crippen LogP contribution is 2.15.